The van der Waals surface area contributed by atoms with Crippen LogP contribution in [0.5, 0.6) is 0 Å². The van der Waals surface area contributed by atoms with Gasteiger partial charge in [0.05, 0.1) is 0 Å². The van der Waals surface area contributed by atoms with Gasteiger partial charge in [-0.05, 0) is 46.1 Å². The van der Waals surface area contributed by atoms with Gasteiger partial charge in [-0.3, -0.25) is 4.79 Å². The zero-order valence-corrected chi connectivity index (χ0v) is 10.7. The molecule has 0 aliphatic heterocycles. The monoisotopic (exact) mass is 224 g/mol. The van der Waals surface area contributed by atoms with Crippen LogP contribution in [0.1, 0.15) is 40.0 Å². The highest BCUT2D eigenvalue weighted by molar-refractivity contribution is 5.65. The molecule has 0 heterocycles. The predicted octanol–water partition coefficient (Wildman–Crippen LogP) is 3.43. The fraction of sp³-hybridized carbons (Fsp3) is 0.500. The first-order valence-corrected chi connectivity index (χ1v) is 5.54. The first-order chi connectivity index (χ1) is 7.58. The van der Waals surface area contributed by atoms with Crippen LogP contribution in [0, 0.1) is 0 Å². The first-order valence-electron chi connectivity index (χ1n) is 5.54. The lowest BCUT2D eigenvalue weighted by atomic mass is 10.1. The summed E-state index contributed by atoms with van der Waals surface area (Å²) in [5, 5.41) is 8.00. The molecule has 92 valence electrons. The summed E-state index contributed by atoms with van der Waals surface area (Å²) in [5.41, 5.74) is 2.49. The molecular weight excluding hydrogens is 200 g/mol. The van der Waals surface area contributed by atoms with E-state index in [4.69, 9.17) is 5.11 Å². The van der Waals surface area contributed by atoms with Gasteiger partial charge in [0, 0.05) is 6.61 Å². The molecule has 0 aromatic carbocycles. The number of rotatable bonds is 6. The van der Waals surface area contributed by atoms with Gasteiger partial charge in [0.2, 0.25) is 0 Å². The van der Waals surface area contributed by atoms with Crippen molar-refractivity contribution >= 4 is 6.29 Å². The van der Waals surface area contributed by atoms with Crippen molar-refractivity contribution in [1.29, 1.82) is 0 Å². The number of aldehydes is 1. The summed E-state index contributed by atoms with van der Waals surface area (Å²) in [6, 6.07) is 0. The van der Waals surface area contributed by atoms with E-state index in [0.717, 1.165) is 24.7 Å². The van der Waals surface area contributed by atoms with Gasteiger partial charge in [-0.2, -0.15) is 0 Å². The minimum Gasteiger partial charge on any atom is -0.396 e. The maximum atomic E-state index is 10.0. The fourth-order valence-electron chi connectivity index (χ4n) is 0.879. The van der Waals surface area contributed by atoms with E-state index < -0.39 is 0 Å². The Morgan fingerprint density at radius 1 is 1.25 bits per heavy atom. The highest BCUT2D eigenvalue weighted by atomic mass is 16.2. The van der Waals surface area contributed by atoms with Gasteiger partial charge in [-0.25, -0.2) is 0 Å². The van der Waals surface area contributed by atoms with Crippen LogP contribution in [0.4, 0.5) is 0 Å². The summed E-state index contributed by atoms with van der Waals surface area (Å²) in [6.07, 6.45) is 9.07. The van der Waals surface area contributed by atoms with Gasteiger partial charge in [-0.15, -0.1) is 6.58 Å². The minimum absolute atomic E-state index is 0.226. The molecule has 2 heteroatoms. The average Bonchev–Trinajstić information content (AvgIpc) is 2.19. The molecule has 0 atom stereocenters. The van der Waals surface area contributed by atoms with Crippen molar-refractivity contribution in [1.82, 2.24) is 0 Å². The van der Waals surface area contributed by atoms with Crippen molar-refractivity contribution in [2.45, 2.75) is 40.0 Å². The van der Waals surface area contributed by atoms with Gasteiger partial charge in [0.1, 0.15) is 6.29 Å². The molecular formula is C14H24O2. The van der Waals surface area contributed by atoms with Crippen molar-refractivity contribution in [2.24, 2.45) is 0 Å². The molecule has 0 rings (SSSR count). The van der Waals surface area contributed by atoms with E-state index in [2.05, 4.69) is 26.5 Å². The highest BCUT2D eigenvalue weighted by Crippen LogP contribution is 2.05. The van der Waals surface area contributed by atoms with Crippen molar-refractivity contribution < 1.29 is 9.90 Å². The Kier molecular flexibility index (Phi) is 14.9. The van der Waals surface area contributed by atoms with Gasteiger partial charge in [0.25, 0.3) is 0 Å². The number of hydrogen-bond donors (Lipinski definition) is 1. The van der Waals surface area contributed by atoms with Crippen LogP contribution < -0.4 is 0 Å². The molecule has 0 unspecified atom stereocenters. The molecule has 2 nitrogen and oxygen atoms in total. The van der Waals surface area contributed by atoms with Gasteiger partial charge >= 0.3 is 0 Å². The van der Waals surface area contributed by atoms with Crippen LogP contribution in [0.25, 0.3) is 0 Å². The molecule has 16 heavy (non-hydrogen) atoms. The molecule has 0 aliphatic carbocycles. The molecule has 1 N–H and O–H groups in total. The van der Waals surface area contributed by atoms with Gasteiger partial charge < -0.3 is 5.11 Å². The van der Waals surface area contributed by atoms with Crippen LogP contribution in [0.15, 0.2) is 36.0 Å². The van der Waals surface area contributed by atoms with Gasteiger partial charge in [0.15, 0.2) is 0 Å². The Morgan fingerprint density at radius 2 is 1.88 bits per heavy atom. The molecule has 0 saturated heterocycles. The second-order valence-electron chi connectivity index (χ2n) is 3.77. The Bertz CT molecular complexity index is 233. The van der Waals surface area contributed by atoms with E-state index in [0.29, 0.717) is 6.42 Å². The van der Waals surface area contributed by atoms with E-state index in [1.165, 1.54) is 5.57 Å². The summed E-state index contributed by atoms with van der Waals surface area (Å²) in [4.78, 5) is 10.0. The normalized spacial score (nSPS) is 9.88. The SMILES string of the molecule is C=CCCO.CC(C)=CCCC(C)=CC=O. The summed E-state index contributed by atoms with van der Waals surface area (Å²) >= 11 is 0. The lowest BCUT2D eigenvalue weighted by molar-refractivity contribution is -0.104. The molecule has 0 amide bonds. The Hall–Kier alpha value is -1.15. The van der Waals surface area contributed by atoms with E-state index in [1.54, 1.807) is 12.2 Å². The van der Waals surface area contributed by atoms with Crippen LogP contribution in [-0.4, -0.2) is 18.0 Å². The van der Waals surface area contributed by atoms with E-state index in [-0.39, 0.29) is 6.61 Å². The van der Waals surface area contributed by atoms with Crippen molar-refractivity contribution in [3.8, 4) is 0 Å². The maximum absolute atomic E-state index is 10.0. The molecule has 0 fully saturated rings. The summed E-state index contributed by atoms with van der Waals surface area (Å²) in [6.45, 7) is 9.76. The third-order valence-corrected chi connectivity index (χ3v) is 1.78. The lowest BCUT2D eigenvalue weighted by Crippen LogP contribution is -1.77. The highest BCUT2D eigenvalue weighted by Gasteiger charge is 1.86. The molecule has 0 aliphatic rings. The van der Waals surface area contributed by atoms with E-state index in [9.17, 15) is 4.79 Å². The average molecular weight is 224 g/mol. The standard InChI is InChI=1S/C10H16O.C4H8O/c1-9(2)5-4-6-10(3)7-8-11;1-2-3-4-5/h5,7-8H,4,6H2,1-3H3;2,5H,1,3-4H2. The molecule has 0 saturated carbocycles. The zero-order valence-electron chi connectivity index (χ0n) is 10.7. The predicted molar refractivity (Wildman–Crippen MR) is 70.4 cm³/mol. The minimum atomic E-state index is 0.226. The molecule has 0 spiro atoms. The number of aliphatic hydroxyl groups is 1. The number of carbonyl (C=O) groups excluding carboxylic acids is 1. The smallest absolute Gasteiger partial charge is 0.142 e. The Morgan fingerprint density at radius 3 is 2.19 bits per heavy atom. The molecule has 0 aromatic heterocycles. The Balaban J connectivity index is 0. The maximum Gasteiger partial charge on any atom is 0.142 e. The van der Waals surface area contributed by atoms with Crippen LogP contribution in [0.2, 0.25) is 0 Å². The number of aliphatic hydroxyl groups excluding tert-OH is 1. The number of allylic oxidation sites excluding steroid dienone is 4. The first kappa shape index (κ1) is 17.3. The summed E-state index contributed by atoms with van der Waals surface area (Å²) < 4.78 is 0. The van der Waals surface area contributed by atoms with E-state index >= 15 is 0 Å². The van der Waals surface area contributed by atoms with Crippen LogP contribution >= 0.6 is 0 Å². The lowest BCUT2D eigenvalue weighted by Gasteiger charge is -1.94. The summed E-state index contributed by atoms with van der Waals surface area (Å²) in [7, 11) is 0. The molecule has 0 bridgehead atoms. The van der Waals surface area contributed by atoms with Crippen LogP contribution in [-0.2, 0) is 4.79 Å². The van der Waals surface area contributed by atoms with Crippen molar-refractivity contribution in [3.63, 3.8) is 0 Å². The van der Waals surface area contributed by atoms with Gasteiger partial charge in [-0.1, -0.05) is 23.3 Å². The summed E-state index contributed by atoms with van der Waals surface area (Å²) in [5.74, 6) is 0. The van der Waals surface area contributed by atoms with E-state index in [1.807, 2.05) is 6.92 Å². The van der Waals surface area contributed by atoms with Crippen molar-refractivity contribution in [2.75, 3.05) is 6.61 Å². The topological polar surface area (TPSA) is 37.3 Å². The Labute approximate surface area is 99.4 Å². The van der Waals surface area contributed by atoms with Crippen molar-refractivity contribution in [3.05, 3.63) is 36.0 Å². The molecule has 0 radical (unpaired) electrons. The third kappa shape index (κ3) is 18.6. The second kappa shape index (κ2) is 13.8. The zero-order chi connectivity index (χ0) is 12.8. The quantitative estimate of drug-likeness (QED) is 0.426. The largest absolute Gasteiger partial charge is 0.396 e. The second-order valence-corrected chi connectivity index (χ2v) is 3.77. The third-order valence-electron chi connectivity index (χ3n) is 1.78. The van der Waals surface area contributed by atoms with Crippen LogP contribution in [0.3, 0.4) is 0 Å². The fourth-order valence-corrected chi connectivity index (χ4v) is 0.879. The number of hydrogen-bond acceptors (Lipinski definition) is 2. The number of carbonyl (C=O) groups is 1. The molecule has 0 aromatic rings.